The number of carbonyl (C=O) groups excluding carboxylic acids is 1. The molecule has 0 aliphatic rings. The fraction of sp³-hybridized carbons (Fsp3) is 0.629. The van der Waals surface area contributed by atoms with Gasteiger partial charge >= 0.3 is 0 Å². The molecule has 0 aliphatic carbocycles. The van der Waals surface area contributed by atoms with E-state index in [0.29, 0.717) is 18.4 Å². The second kappa shape index (κ2) is 18.0. The molecule has 0 heterocycles. The Labute approximate surface area is 238 Å². The van der Waals surface area contributed by atoms with E-state index in [1.54, 1.807) is 0 Å². The van der Waals surface area contributed by atoms with E-state index in [-0.39, 0.29) is 24.1 Å². The lowest BCUT2D eigenvalue weighted by atomic mass is 9.99. The topological polar surface area (TPSA) is 44.8 Å². The number of aryl methyl sites for hydroxylation is 2. The van der Waals surface area contributed by atoms with Crippen molar-refractivity contribution in [2.45, 2.75) is 144 Å². The van der Waals surface area contributed by atoms with Crippen molar-refractivity contribution in [3.63, 3.8) is 0 Å². The van der Waals surface area contributed by atoms with Crippen LogP contribution in [-0.4, -0.2) is 24.1 Å². The molecule has 2 aromatic rings. The van der Waals surface area contributed by atoms with E-state index in [4.69, 9.17) is 14.2 Å². The highest BCUT2D eigenvalue weighted by atomic mass is 16.5. The van der Waals surface area contributed by atoms with Crippen molar-refractivity contribution < 1.29 is 19.0 Å². The number of carbonyl (C=O) groups is 1. The number of Topliss-reactive ketones (excluding diaryl/α,β-unsaturated/α-hetero) is 1. The summed E-state index contributed by atoms with van der Waals surface area (Å²) in [5, 5.41) is 0. The smallest absolute Gasteiger partial charge is 0.163 e. The minimum Gasteiger partial charge on any atom is -0.490 e. The third kappa shape index (κ3) is 10.9. The highest BCUT2D eigenvalue weighted by molar-refractivity contribution is 5.97. The Morgan fingerprint density at radius 2 is 1.18 bits per heavy atom. The van der Waals surface area contributed by atoms with Crippen LogP contribution in [0.5, 0.6) is 17.2 Å². The largest absolute Gasteiger partial charge is 0.490 e. The van der Waals surface area contributed by atoms with E-state index in [2.05, 4.69) is 66.7 Å². The van der Waals surface area contributed by atoms with Gasteiger partial charge in [0.2, 0.25) is 0 Å². The molecule has 2 aromatic carbocycles. The molecule has 3 unspecified atom stereocenters. The van der Waals surface area contributed by atoms with Gasteiger partial charge in [0.25, 0.3) is 0 Å². The molecular formula is C35H54O4. The van der Waals surface area contributed by atoms with Crippen LogP contribution < -0.4 is 14.2 Å². The molecule has 0 amide bonds. The quantitative estimate of drug-likeness (QED) is 0.157. The van der Waals surface area contributed by atoms with Gasteiger partial charge in [0.1, 0.15) is 17.2 Å². The molecule has 0 radical (unpaired) electrons. The molecule has 0 fully saturated rings. The summed E-state index contributed by atoms with van der Waals surface area (Å²) in [6.45, 7) is 15.2. The molecule has 218 valence electrons. The Bertz CT molecular complexity index is 948. The van der Waals surface area contributed by atoms with E-state index in [0.717, 1.165) is 87.0 Å². The van der Waals surface area contributed by atoms with Crippen molar-refractivity contribution >= 4 is 5.78 Å². The molecule has 2 rings (SSSR count). The molecule has 39 heavy (non-hydrogen) atoms. The van der Waals surface area contributed by atoms with E-state index in [1.807, 2.05) is 18.2 Å². The molecule has 3 atom stereocenters. The monoisotopic (exact) mass is 538 g/mol. The Balaban J connectivity index is 2.30. The summed E-state index contributed by atoms with van der Waals surface area (Å²) in [4.78, 5) is 13.6. The number of benzene rings is 2. The Morgan fingerprint density at radius 1 is 0.667 bits per heavy atom. The maximum Gasteiger partial charge on any atom is 0.163 e. The minimum atomic E-state index is 0.103. The molecule has 0 bridgehead atoms. The Morgan fingerprint density at radius 3 is 1.64 bits per heavy atom. The van der Waals surface area contributed by atoms with Crippen molar-refractivity contribution in [3.05, 3.63) is 53.1 Å². The molecule has 0 N–H and O–H groups in total. The summed E-state index contributed by atoms with van der Waals surface area (Å²) in [7, 11) is 0. The highest BCUT2D eigenvalue weighted by Crippen LogP contribution is 2.30. The number of hydrogen-bond acceptors (Lipinski definition) is 4. The predicted octanol–water partition coefficient (Wildman–Crippen LogP) is 9.94. The predicted molar refractivity (Wildman–Crippen MR) is 164 cm³/mol. The second-order valence-electron chi connectivity index (χ2n) is 10.7. The average molecular weight is 539 g/mol. The first-order valence-electron chi connectivity index (χ1n) is 15.7. The SMILES string of the molecule is CCCC(CC)Oc1cc(OC(CC)CCC)cc(C(=O)CCc2cc(CC)ccc2OC(CC)CCC)c1. The molecule has 4 heteroatoms. The normalized spacial score (nSPS) is 13.5. The van der Waals surface area contributed by atoms with Gasteiger partial charge in [0.15, 0.2) is 5.78 Å². The van der Waals surface area contributed by atoms with Gasteiger partial charge in [0, 0.05) is 18.1 Å². The van der Waals surface area contributed by atoms with Crippen molar-refractivity contribution in [1.82, 2.24) is 0 Å². The van der Waals surface area contributed by atoms with Crippen molar-refractivity contribution in [1.29, 1.82) is 0 Å². The summed E-state index contributed by atoms with van der Waals surface area (Å²) >= 11 is 0. The first kappa shape index (κ1) is 32.7. The van der Waals surface area contributed by atoms with Crippen LogP contribution in [0.4, 0.5) is 0 Å². The summed E-state index contributed by atoms with van der Waals surface area (Å²) in [5.74, 6) is 2.47. The lowest BCUT2D eigenvalue weighted by Crippen LogP contribution is -2.17. The van der Waals surface area contributed by atoms with Crippen LogP contribution in [0.2, 0.25) is 0 Å². The maximum atomic E-state index is 13.6. The zero-order valence-electron chi connectivity index (χ0n) is 25.8. The van der Waals surface area contributed by atoms with Crippen LogP contribution in [0, 0.1) is 0 Å². The molecule has 4 nitrogen and oxygen atoms in total. The Hall–Kier alpha value is -2.49. The maximum absolute atomic E-state index is 13.6. The van der Waals surface area contributed by atoms with Gasteiger partial charge in [0.05, 0.1) is 18.3 Å². The zero-order valence-corrected chi connectivity index (χ0v) is 25.8. The number of ether oxygens (including phenoxy) is 3. The molecule has 0 spiro atoms. The van der Waals surface area contributed by atoms with E-state index in [1.165, 1.54) is 5.56 Å². The lowest BCUT2D eigenvalue weighted by molar-refractivity contribution is 0.0980. The summed E-state index contributed by atoms with van der Waals surface area (Å²) in [6.07, 6.45) is 11.6. The third-order valence-corrected chi connectivity index (χ3v) is 7.45. The van der Waals surface area contributed by atoms with Crippen LogP contribution >= 0.6 is 0 Å². The number of rotatable bonds is 20. The zero-order chi connectivity index (χ0) is 28.6. The van der Waals surface area contributed by atoms with E-state index < -0.39 is 0 Å². The van der Waals surface area contributed by atoms with Crippen molar-refractivity contribution in [2.24, 2.45) is 0 Å². The van der Waals surface area contributed by atoms with Gasteiger partial charge in [-0.25, -0.2) is 0 Å². The molecule has 0 aliphatic heterocycles. The molecule has 0 saturated carbocycles. The lowest BCUT2D eigenvalue weighted by Gasteiger charge is -2.21. The average Bonchev–Trinajstić information content (AvgIpc) is 2.95. The summed E-state index contributed by atoms with van der Waals surface area (Å²) in [6, 6.07) is 12.2. The van der Waals surface area contributed by atoms with Gasteiger partial charge in [-0.3, -0.25) is 4.79 Å². The van der Waals surface area contributed by atoms with Crippen LogP contribution in [0.3, 0.4) is 0 Å². The van der Waals surface area contributed by atoms with E-state index >= 15 is 0 Å². The van der Waals surface area contributed by atoms with Crippen molar-refractivity contribution in [3.8, 4) is 17.2 Å². The van der Waals surface area contributed by atoms with E-state index in [9.17, 15) is 4.79 Å². The fourth-order valence-electron chi connectivity index (χ4n) is 4.99. The number of hydrogen-bond donors (Lipinski definition) is 0. The van der Waals surface area contributed by atoms with Crippen molar-refractivity contribution in [2.75, 3.05) is 0 Å². The molecule has 0 saturated heterocycles. The van der Waals surface area contributed by atoms with Gasteiger partial charge in [-0.2, -0.15) is 0 Å². The van der Waals surface area contributed by atoms with Crippen LogP contribution in [0.25, 0.3) is 0 Å². The molecular weight excluding hydrogens is 484 g/mol. The van der Waals surface area contributed by atoms with Gasteiger partial charge in [-0.15, -0.1) is 0 Å². The van der Waals surface area contributed by atoms with Gasteiger partial charge < -0.3 is 14.2 Å². The summed E-state index contributed by atoms with van der Waals surface area (Å²) < 4.78 is 19.1. The fourth-order valence-corrected chi connectivity index (χ4v) is 4.99. The summed E-state index contributed by atoms with van der Waals surface area (Å²) in [5.41, 5.74) is 3.04. The van der Waals surface area contributed by atoms with Gasteiger partial charge in [-0.05, 0) is 80.7 Å². The van der Waals surface area contributed by atoms with Crippen LogP contribution in [0.15, 0.2) is 36.4 Å². The Kier molecular flexibility index (Phi) is 15.1. The van der Waals surface area contributed by atoms with Crippen LogP contribution in [-0.2, 0) is 12.8 Å². The molecule has 0 aromatic heterocycles. The van der Waals surface area contributed by atoms with Crippen LogP contribution in [0.1, 0.15) is 134 Å². The first-order valence-corrected chi connectivity index (χ1v) is 15.7. The van der Waals surface area contributed by atoms with Gasteiger partial charge in [-0.1, -0.05) is 79.9 Å². The third-order valence-electron chi connectivity index (χ3n) is 7.45. The standard InChI is InChI=1S/C35H54O4/c1-8-15-29(12-5)37-32-23-28(24-33(25-32)38-30(13-6)16-9-2)34(36)20-19-27-22-26(11-4)18-21-35(27)39-31(14-7)17-10-3/h18,21-25,29-31H,8-17,19-20H2,1-7H3. The first-order chi connectivity index (χ1) is 18.9. The second-order valence-corrected chi connectivity index (χ2v) is 10.7. The highest BCUT2D eigenvalue weighted by Gasteiger charge is 2.17. The number of ketones is 1. The minimum absolute atomic E-state index is 0.103.